The molecule has 1 heterocycles. The highest BCUT2D eigenvalue weighted by Crippen LogP contribution is 2.23. The van der Waals surface area contributed by atoms with E-state index in [4.69, 9.17) is 11.6 Å². The van der Waals surface area contributed by atoms with Crippen molar-refractivity contribution in [2.75, 3.05) is 18.4 Å². The van der Waals surface area contributed by atoms with Crippen molar-refractivity contribution in [1.82, 2.24) is 10.6 Å². The van der Waals surface area contributed by atoms with Crippen molar-refractivity contribution in [1.29, 1.82) is 0 Å². The van der Waals surface area contributed by atoms with Crippen molar-refractivity contribution < 1.29 is 9.59 Å². The summed E-state index contributed by atoms with van der Waals surface area (Å²) in [5.41, 5.74) is 1.06. The Balaban J connectivity index is 1.53. The fraction of sp³-hybridized carbons (Fsp3) is 0.619. The van der Waals surface area contributed by atoms with Crippen LogP contribution in [0.3, 0.4) is 0 Å². The molecule has 3 N–H and O–H groups in total. The molecule has 0 aromatic heterocycles. The summed E-state index contributed by atoms with van der Waals surface area (Å²) in [5.74, 6) is 0.464. The largest absolute Gasteiger partial charge is 0.349 e. The average molecular weight is 392 g/mol. The third-order valence-corrected chi connectivity index (χ3v) is 6.00. The molecule has 2 fully saturated rings. The second kappa shape index (κ2) is 10.1. The summed E-state index contributed by atoms with van der Waals surface area (Å²) in [6, 6.07) is 5.34. The van der Waals surface area contributed by atoms with Crippen LogP contribution in [-0.4, -0.2) is 30.9 Å². The van der Waals surface area contributed by atoms with E-state index in [1.54, 1.807) is 18.2 Å². The lowest BCUT2D eigenvalue weighted by Crippen LogP contribution is -2.36. The van der Waals surface area contributed by atoms with Gasteiger partial charge in [0.1, 0.15) is 0 Å². The number of rotatable bonds is 6. The van der Waals surface area contributed by atoms with Gasteiger partial charge in [0, 0.05) is 18.2 Å². The first-order chi connectivity index (χ1) is 13.1. The highest BCUT2D eigenvalue weighted by Gasteiger charge is 2.19. The van der Waals surface area contributed by atoms with Gasteiger partial charge in [-0.25, -0.2) is 0 Å². The van der Waals surface area contributed by atoms with Crippen LogP contribution in [0, 0.1) is 5.92 Å². The van der Waals surface area contributed by atoms with Gasteiger partial charge in [-0.3, -0.25) is 9.59 Å². The molecule has 0 atom stereocenters. The lowest BCUT2D eigenvalue weighted by Gasteiger charge is -2.23. The molecule has 1 aromatic rings. The molecular weight excluding hydrogens is 362 g/mol. The van der Waals surface area contributed by atoms with Crippen molar-refractivity contribution in [2.45, 2.75) is 63.8 Å². The SMILES string of the molecule is O=C(CCC1CCNCC1)Nc1ccc(Cl)c(C(=O)NC2CCCCC2)c1. The number of carbonyl (C=O) groups excluding carboxylic acids is 2. The van der Waals surface area contributed by atoms with Gasteiger partial charge >= 0.3 is 0 Å². The van der Waals surface area contributed by atoms with Gasteiger partial charge in [-0.05, 0) is 69.3 Å². The molecule has 1 saturated carbocycles. The van der Waals surface area contributed by atoms with E-state index in [9.17, 15) is 9.59 Å². The minimum atomic E-state index is -0.155. The van der Waals surface area contributed by atoms with Crippen molar-refractivity contribution >= 4 is 29.1 Å². The number of amides is 2. The van der Waals surface area contributed by atoms with Crippen LogP contribution in [0.15, 0.2) is 18.2 Å². The third kappa shape index (κ3) is 6.22. The number of hydrogen-bond donors (Lipinski definition) is 3. The summed E-state index contributed by atoms with van der Waals surface area (Å²) in [6.45, 7) is 2.09. The lowest BCUT2D eigenvalue weighted by molar-refractivity contribution is -0.116. The molecule has 3 rings (SSSR count). The van der Waals surface area contributed by atoms with Crippen LogP contribution in [0.4, 0.5) is 5.69 Å². The summed E-state index contributed by atoms with van der Waals surface area (Å²) < 4.78 is 0. The van der Waals surface area contributed by atoms with E-state index in [0.717, 1.165) is 58.0 Å². The molecule has 1 aliphatic heterocycles. The van der Waals surface area contributed by atoms with Gasteiger partial charge in [0.25, 0.3) is 5.91 Å². The Morgan fingerprint density at radius 3 is 2.56 bits per heavy atom. The lowest BCUT2D eigenvalue weighted by atomic mass is 9.93. The number of benzene rings is 1. The Kier molecular flexibility index (Phi) is 7.53. The summed E-state index contributed by atoms with van der Waals surface area (Å²) in [5, 5.41) is 9.75. The summed E-state index contributed by atoms with van der Waals surface area (Å²) >= 11 is 6.23. The van der Waals surface area contributed by atoms with Crippen LogP contribution in [0.2, 0.25) is 5.02 Å². The molecule has 6 heteroatoms. The second-order valence-corrected chi connectivity index (χ2v) is 8.19. The Labute approximate surface area is 166 Å². The smallest absolute Gasteiger partial charge is 0.253 e. The Morgan fingerprint density at radius 1 is 1.07 bits per heavy atom. The van der Waals surface area contributed by atoms with Gasteiger partial charge in [0.05, 0.1) is 10.6 Å². The van der Waals surface area contributed by atoms with E-state index in [0.29, 0.717) is 28.6 Å². The highest BCUT2D eigenvalue weighted by atomic mass is 35.5. The van der Waals surface area contributed by atoms with Crippen LogP contribution >= 0.6 is 11.6 Å². The molecule has 5 nitrogen and oxygen atoms in total. The van der Waals surface area contributed by atoms with E-state index < -0.39 is 0 Å². The fourth-order valence-corrected chi connectivity index (χ4v) is 4.22. The van der Waals surface area contributed by atoms with Crippen LogP contribution in [-0.2, 0) is 4.79 Å². The van der Waals surface area contributed by atoms with E-state index in [1.807, 2.05) is 0 Å². The molecule has 0 bridgehead atoms. The molecule has 2 aliphatic rings. The van der Waals surface area contributed by atoms with Gasteiger partial charge in [0.15, 0.2) is 0 Å². The molecule has 148 valence electrons. The predicted molar refractivity (Wildman–Crippen MR) is 109 cm³/mol. The first-order valence-electron chi connectivity index (χ1n) is 10.2. The van der Waals surface area contributed by atoms with Gasteiger partial charge in [-0.15, -0.1) is 0 Å². The number of halogens is 1. The molecule has 1 aromatic carbocycles. The Hall–Kier alpha value is -1.59. The third-order valence-electron chi connectivity index (χ3n) is 5.67. The molecule has 1 aliphatic carbocycles. The van der Waals surface area contributed by atoms with Gasteiger partial charge < -0.3 is 16.0 Å². The van der Waals surface area contributed by atoms with Crippen molar-refractivity contribution in [3.05, 3.63) is 28.8 Å². The molecule has 27 heavy (non-hydrogen) atoms. The number of hydrogen-bond acceptors (Lipinski definition) is 3. The Morgan fingerprint density at radius 2 is 1.81 bits per heavy atom. The standard InChI is InChI=1S/C21H30ClN3O2/c22-19-8-7-17(24-20(26)9-6-15-10-12-23-13-11-15)14-18(19)21(27)25-16-4-2-1-3-5-16/h7-8,14-16,23H,1-6,9-13H2,(H,24,26)(H,25,27). The van der Waals surface area contributed by atoms with E-state index in [1.165, 1.54) is 6.42 Å². The topological polar surface area (TPSA) is 70.2 Å². The summed E-state index contributed by atoms with van der Waals surface area (Å²) in [7, 11) is 0. The molecule has 1 saturated heterocycles. The van der Waals surface area contributed by atoms with Gasteiger partial charge in [-0.2, -0.15) is 0 Å². The molecule has 2 amide bonds. The number of piperidine rings is 1. The monoisotopic (exact) mass is 391 g/mol. The molecule has 0 spiro atoms. The molecule has 0 unspecified atom stereocenters. The zero-order valence-electron chi connectivity index (χ0n) is 15.9. The van der Waals surface area contributed by atoms with Crippen molar-refractivity contribution in [3.63, 3.8) is 0 Å². The zero-order valence-corrected chi connectivity index (χ0v) is 16.6. The second-order valence-electron chi connectivity index (χ2n) is 7.78. The van der Waals surface area contributed by atoms with Crippen molar-refractivity contribution in [2.24, 2.45) is 5.92 Å². The van der Waals surface area contributed by atoms with Gasteiger partial charge in [-0.1, -0.05) is 30.9 Å². The molecular formula is C21H30ClN3O2. The van der Waals surface area contributed by atoms with E-state index in [-0.39, 0.29) is 17.9 Å². The van der Waals surface area contributed by atoms with Gasteiger partial charge in [0.2, 0.25) is 5.91 Å². The Bertz CT molecular complexity index is 653. The fourth-order valence-electron chi connectivity index (χ4n) is 4.02. The maximum atomic E-state index is 12.6. The number of carbonyl (C=O) groups is 2. The predicted octanol–water partition coefficient (Wildman–Crippen LogP) is 4.12. The average Bonchev–Trinajstić information content (AvgIpc) is 2.69. The highest BCUT2D eigenvalue weighted by molar-refractivity contribution is 6.34. The zero-order chi connectivity index (χ0) is 19.1. The number of nitrogens with one attached hydrogen (secondary N) is 3. The minimum absolute atomic E-state index is 0.00510. The number of anilines is 1. The molecule has 0 radical (unpaired) electrons. The van der Waals surface area contributed by atoms with Crippen LogP contribution in [0.25, 0.3) is 0 Å². The van der Waals surface area contributed by atoms with Crippen LogP contribution in [0.1, 0.15) is 68.1 Å². The van der Waals surface area contributed by atoms with E-state index >= 15 is 0 Å². The first kappa shape index (κ1) is 20.2. The van der Waals surface area contributed by atoms with Crippen molar-refractivity contribution in [3.8, 4) is 0 Å². The maximum Gasteiger partial charge on any atom is 0.253 e. The minimum Gasteiger partial charge on any atom is -0.349 e. The maximum absolute atomic E-state index is 12.6. The summed E-state index contributed by atoms with van der Waals surface area (Å²) in [4.78, 5) is 24.9. The van der Waals surface area contributed by atoms with Crippen LogP contribution < -0.4 is 16.0 Å². The first-order valence-corrected chi connectivity index (χ1v) is 10.6. The summed E-state index contributed by atoms with van der Waals surface area (Å²) in [6.07, 6.45) is 9.31. The van der Waals surface area contributed by atoms with E-state index in [2.05, 4.69) is 16.0 Å². The van der Waals surface area contributed by atoms with Crippen LogP contribution in [0.5, 0.6) is 0 Å². The quantitative estimate of drug-likeness (QED) is 0.683. The normalized spacial score (nSPS) is 18.9.